The Morgan fingerprint density at radius 3 is 2.50 bits per heavy atom. The molecule has 0 saturated heterocycles. The maximum Gasteiger partial charge on any atom is 0.0592 e. The minimum atomic E-state index is 0.302. The Hall–Kier alpha value is 0.270. The summed E-state index contributed by atoms with van der Waals surface area (Å²) in [4.78, 5) is 0. The summed E-state index contributed by atoms with van der Waals surface area (Å²) in [7, 11) is 0. The van der Waals surface area contributed by atoms with Gasteiger partial charge in [-0.25, -0.2) is 0 Å². The first-order valence-electron chi connectivity index (χ1n) is 5.87. The first-order chi connectivity index (χ1) is 6.88. The van der Waals surface area contributed by atoms with E-state index in [9.17, 15) is 5.11 Å². The third kappa shape index (κ3) is 3.44. The number of hydrogen-bond acceptors (Lipinski definition) is 3. The van der Waals surface area contributed by atoms with Gasteiger partial charge in [-0.15, -0.1) is 0 Å². The van der Waals surface area contributed by atoms with E-state index >= 15 is 0 Å². The Morgan fingerprint density at radius 1 is 1.21 bits per heavy atom. The average molecular weight is 215 g/mol. The Kier molecular flexibility index (Phi) is 4.14. The predicted octanol–water partition coefficient (Wildman–Crippen LogP) is 1.78. The molecule has 2 rings (SSSR count). The smallest absolute Gasteiger partial charge is 0.0592 e. The van der Waals surface area contributed by atoms with Gasteiger partial charge in [-0.05, 0) is 25.7 Å². The molecule has 0 aromatic carbocycles. The molecule has 2 saturated carbocycles. The summed E-state index contributed by atoms with van der Waals surface area (Å²) in [6, 6.07) is 1.06. The summed E-state index contributed by atoms with van der Waals surface area (Å²) >= 11 is 2.06. The highest BCUT2D eigenvalue weighted by Crippen LogP contribution is 2.30. The molecule has 0 amide bonds. The summed E-state index contributed by atoms with van der Waals surface area (Å²) in [6.45, 7) is 0.302. The molecule has 1 atom stereocenters. The molecule has 0 radical (unpaired) electrons. The van der Waals surface area contributed by atoms with Crippen molar-refractivity contribution in [2.24, 2.45) is 0 Å². The summed E-state index contributed by atoms with van der Waals surface area (Å²) in [6.07, 6.45) is 8.24. The normalized spacial score (nSPS) is 25.5. The number of hydrogen-bond donors (Lipinski definition) is 2. The van der Waals surface area contributed by atoms with Crippen LogP contribution in [0.15, 0.2) is 0 Å². The van der Waals surface area contributed by atoms with Gasteiger partial charge >= 0.3 is 0 Å². The van der Waals surface area contributed by atoms with Crippen molar-refractivity contribution < 1.29 is 5.11 Å². The molecule has 0 heterocycles. The van der Waals surface area contributed by atoms with Crippen molar-refractivity contribution in [3.8, 4) is 0 Å². The molecule has 0 bridgehead atoms. The molecule has 0 spiro atoms. The lowest BCUT2D eigenvalue weighted by Gasteiger charge is -2.17. The van der Waals surface area contributed by atoms with Crippen LogP contribution in [-0.2, 0) is 0 Å². The first kappa shape index (κ1) is 10.8. The van der Waals surface area contributed by atoms with E-state index in [0.29, 0.717) is 12.6 Å². The molecule has 0 aliphatic heterocycles. The average Bonchev–Trinajstić information content (AvgIpc) is 2.86. The topological polar surface area (TPSA) is 32.3 Å². The molecule has 2 aliphatic rings. The number of nitrogens with one attached hydrogen (secondary N) is 1. The van der Waals surface area contributed by atoms with Gasteiger partial charge in [-0.1, -0.05) is 12.8 Å². The minimum absolute atomic E-state index is 0.302. The fraction of sp³-hybridized carbons (Fsp3) is 1.00. The summed E-state index contributed by atoms with van der Waals surface area (Å²) in [5.41, 5.74) is 0. The van der Waals surface area contributed by atoms with Gasteiger partial charge in [-0.3, -0.25) is 0 Å². The molecular formula is C11H21NOS. The predicted molar refractivity (Wildman–Crippen MR) is 61.7 cm³/mol. The third-order valence-electron chi connectivity index (χ3n) is 3.10. The van der Waals surface area contributed by atoms with Crippen LogP contribution in [0.2, 0.25) is 0 Å². The molecular weight excluding hydrogens is 194 g/mol. The molecule has 2 nitrogen and oxygen atoms in total. The van der Waals surface area contributed by atoms with Crippen LogP contribution in [0, 0.1) is 0 Å². The molecule has 3 heteroatoms. The van der Waals surface area contributed by atoms with Crippen LogP contribution < -0.4 is 5.32 Å². The van der Waals surface area contributed by atoms with Crippen molar-refractivity contribution in [3.05, 3.63) is 0 Å². The van der Waals surface area contributed by atoms with Crippen molar-refractivity contribution in [1.29, 1.82) is 0 Å². The van der Waals surface area contributed by atoms with E-state index < -0.39 is 0 Å². The second-order valence-corrected chi connectivity index (χ2v) is 5.89. The highest BCUT2D eigenvalue weighted by molar-refractivity contribution is 7.99. The van der Waals surface area contributed by atoms with Crippen LogP contribution >= 0.6 is 11.8 Å². The third-order valence-corrected chi connectivity index (χ3v) is 4.64. The zero-order valence-electron chi connectivity index (χ0n) is 8.74. The van der Waals surface area contributed by atoms with Crippen molar-refractivity contribution in [2.45, 2.75) is 55.9 Å². The molecule has 2 fully saturated rings. The second kappa shape index (κ2) is 5.38. The molecule has 2 aliphatic carbocycles. The van der Waals surface area contributed by atoms with E-state index in [1.165, 1.54) is 38.5 Å². The zero-order chi connectivity index (χ0) is 9.80. The zero-order valence-corrected chi connectivity index (χ0v) is 9.56. The van der Waals surface area contributed by atoms with Crippen LogP contribution in [-0.4, -0.2) is 34.8 Å². The van der Waals surface area contributed by atoms with E-state index in [4.69, 9.17) is 0 Å². The van der Waals surface area contributed by atoms with Crippen LogP contribution in [0.1, 0.15) is 38.5 Å². The number of rotatable bonds is 6. The fourth-order valence-electron chi connectivity index (χ4n) is 2.04. The Bertz CT molecular complexity index is 167. The van der Waals surface area contributed by atoms with E-state index in [-0.39, 0.29) is 0 Å². The lowest BCUT2D eigenvalue weighted by Crippen LogP contribution is -2.36. The van der Waals surface area contributed by atoms with Crippen LogP contribution in [0.25, 0.3) is 0 Å². The van der Waals surface area contributed by atoms with Gasteiger partial charge in [0, 0.05) is 23.1 Å². The Labute approximate surface area is 90.8 Å². The number of aliphatic hydroxyl groups excluding tert-OH is 1. The fourth-order valence-corrected chi connectivity index (χ4v) is 3.42. The maximum absolute atomic E-state index is 9.20. The minimum Gasteiger partial charge on any atom is -0.395 e. The summed E-state index contributed by atoms with van der Waals surface area (Å²) in [5.74, 6) is 1.09. The lowest BCUT2D eigenvalue weighted by atomic mass is 10.3. The molecule has 14 heavy (non-hydrogen) atoms. The van der Waals surface area contributed by atoms with Gasteiger partial charge < -0.3 is 10.4 Å². The molecule has 0 aromatic heterocycles. The van der Waals surface area contributed by atoms with Crippen LogP contribution in [0.4, 0.5) is 0 Å². The number of aliphatic hydroxyl groups is 1. The van der Waals surface area contributed by atoms with Crippen molar-refractivity contribution in [2.75, 3.05) is 12.4 Å². The van der Waals surface area contributed by atoms with Gasteiger partial charge in [0.1, 0.15) is 0 Å². The van der Waals surface area contributed by atoms with Gasteiger partial charge in [0.05, 0.1) is 6.61 Å². The van der Waals surface area contributed by atoms with Gasteiger partial charge in [0.25, 0.3) is 0 Å². The van der Waals surface area contributed by atoms with Crippen molar-refractivity contribution >= 4 is 11.8 Å². The van der Waals surface area contributed by atoms with E-state index in [1.807, 2.05) is 0 Å². The quantitative estimate of drug-likeness (QED) is 0.708. The van der Waals surface area contributed by atoms with E-state index in [2.05, 4.69) is 17.1 Å². The highest BCUT2D eigenvalue weighted by atomic mass is 32.2. The van der Waals surface area contributed by atoms with Crippen LogP contribution in [0.3, 0.4) is 0 Å². The lowest BCUT2D eigenvalue weighted by molar-refractivity contribution is 0.253. The summed E-state index contributed by atoms with van der Waals surface area (Å²) < 4.78 is 0. The molecule has 82 valence electrons. The van der Waals surface area contributed by atoms with E-state index in [1.54, 1.807) is 0 Å². The standard InChI is InChI=1S/C11H21NOS/c13-7-10(12-9-5-6-9)8-14-11-3-1-2-4-11/h9-13H,1-8H2. The second-order valence-electron chi connectivity index (χ2n) is 4.56. The summed E-state index contributed by atoms with van der Waals surface area (Å²) in [5, 5.41) is 13.6. The SMILES string of the molecule is OCC(CSC1CCCC1)NC1CC1. The Balaban J connectivity index is 1.60. The van der Waals surface area contributed by atoms with Crippen LogP contribution in [0.5, 0.6) is 0 Å². The van der Waals surface area contributed by atoms with Crippen molar-refractivity contribution in [1.82, 2.24) is 5.32 Å². The monoisotopic (exact) mass is 215 g/mol. The molecule has 0 aromatic rings. The van der Waals surface area contributed by atoms with Gasteiger partial charge in [-0.2, -0.15) is 11.8 Å². The first-order valence-corrected chi connectivity index (χ1v) is 6.92. The molecule has 1 unspecified atom stereocenters. The number of thioether (sulfide) groups is 1. The Morgan fingerprint density at radius 2 is 1.93 bits per heavy atom. The molecule has 2 N–H and O–H groups in total. The largest absolute Gasteiger partial charge is 0.395 e. The van der Waals surface area contributed by atoms with E-state index in [0.717, 1.165) is 17.0 Å². The van der Waals surface area contributed by atoms with Gasteiger partial charge in [0.2, 0.25) is 0 Å². The maximum atomic E-state index is 9.20. The van der Waals surface area contributed by atoms with Crippen molar-refractivity contribution in [3.63, 3.8) is 0 Å². The van der Waals surface area contributed by atoms with Gasteiger partial charge in [0.15, 0.2) is 0 Å². The highest BCUT2D eigenvalue weighted by Gasteiger charge is 2.25.